The van der Waals surface area contributed by atoms with Crippen molar-refractivity contribution < 1.29 is 9.53 Å². The van der Waals surface area contributed by atoms with Gasteiger partial charge in [0.25, 0.3) is 5.91 Å². The molecule has 1 aromatic rings. The molecular weight excluding hydrogens is 252 g/mol. The summed E-state index contributed by atoms with van der Waals surface area (Å²) in [6.45, 7) is 1.10. The second-order valence-electron chi connectivity index (χ2n) is 5.69. The number of hydrogen-bond donors (Lipinski definition) is 2. The molecule has 4 nitrogen and oxygen atoms in total. The molecule has 0 bridgehead atoms. The number of hydrogen-bond acceptors (Lipinski definition) is 3. The van der Waals surface area contributed by atoms with Gasteiger partial charge in [0.05, 0.1) is 6.61 Å². The number of methoxy groups -OCH3 is 1. The molecule has 0 spiro atoms. The number of ether oxygens (including phenoxy) is 1. The van der Waals surface area contributed by atoms with Crippen molar-refractivity contribution in [1.29, 1.82) is 0 Å². The lowest BCUT2D eigenvalue weighted by Gasteiger charge is -2.14. The number of nitrogens with one attached hydrogen (secondary N) is 2. The Morgan fingerprint density at radius 2 is 2.20 bits per heavy atom. The van der Waals surface area contributed by atoms with Crippen LogP contribution in [-0.2, 0) is 11.2 Å². The van der Waals surface area contributed by atoms with Crippen LogP contribution in [-0.4, -0.2) is 32.2 Å². The zero-order valence-corrected chi connectivity index (χ0v) is 11.9. The largest absolute Gasteiger partial charge is 0.383 e. The van der Waals surface area contributed by atoms with Crippen molar-refractivity contribution in [1.82, 2.24) is 10.6 Å². The molecule has 1 atom stereocenters. The molecule has 2 aliphatic carbocycles. The lowest BCUT2D eigenvalue weighted by Crippen LogP contribution is -2.27. The Labute approximate surface area is 119 Å². The maximum absolute atomic E-state index is 12.1. The summed E-state index contributed by atoms with van der Waals surface area (Å²) < 4.78 is 4.95. The van der Waals surface area contributed by atoms with E-state index in [0.717, 1.165) is 18.4 Å². The lowest BCUT2D eigenvalue weighted by molar-refractivity contribution is 0.0937. The maximum Gasteiger partial charge on any atom is 0.251 e. The minimum absolute atomic E-state index is 0.0121. The highest BCUT2D eigenvalue weighted by Crippen LogP contribution is 2.34. The van der Waals surface area contributed by atoms with Crippen LogP contribution in [0.2, 0.25) is 0 Å². The fourth-order valence-electron chi connectivity index (χ4n) is 2.82. The molecule has 2 aliphatic rings. The summed E-state index contributed by atoms with van der Waals surface area (Å²) in [7, 11) is 1.63. The van der Waals surface area contributed by atoms with Gasteiger partial charge in [-0.15, -0.1) is 0 Å². The summed E-state index contributed by atoms with van der Waals surface area (Å²) >= 11 is 0. The first-order chi connectivity index (χ1) is 9.78. The number of carbonyl (C=O) groups is 1. The van der Waals surface area contributed by atoms with E-state index in [4.69, 9.17) is 4.74 Å². The van der Waals surface area contributed by atoms with Gasteiger partial charge in [0.15, 0.2) is 0 Å². The topological polar surface area (TPSA) is 50.4 Å². The third-order valence-corrected chi connectivity index (χ3v) is 4.09. The smallest absolute Gasteiger partial charge is 0.251 e. The number of aryl methyl sites for hydroxylation is 1. The first-order valence-corrected chi connectivity index (χ1v) is 7.44. The first-order valence-electron chi connectivity index (χ1n) is 7.44. The number of fused-ring (bicyclic) bond motifs is 1. The molecule has 108 valence electrons. The summed E-state index contributed by atoms with van der Waals surface area (Å²) in [6.07, 6.45) is 4.86. The highest BCUT2D eigenvalue weighted by Gasteiger charge is 2.29. The van der Waals surface area contributed by atoms with Gasteiger partial charge in [-0.3, -0.25) is 4.79 Å². The van der Waals surface area contributed by atoms with Crippen molar-refractivity contribution in [2.45, 2.75) is 37.8 Å². The van der Waals surface area contributed by atoms with Crippen molar-refractivity contribution in [3.8, 4) is 0 Å². The monoisotopic (exact) mass is 274 g/mol. The molecule has 1 unspecified atom stereocenters. The quantitative estimate of drug-likeness (QED) is 0.778. The van der Waals surface area contributed by atoms with Gasteiger partial charge in [0.1, 0.15) is 0 Å². The summed E-state index contributed by atoms with van der Waals surface area (Å²) in [4.78, 5) is 12.1. The molecule has 1 fully saturated rings. The van der Waals surface area contributed by atoms with E-state index in [1.54, 1.807) is 7.11 Å². The summed E-state index contributed by atoms with van der Waals surface area (Å²) in [5, 5.41) is 6.55. The van der Waals surface area contributed by atoms with Crippen LogP contribution in [0.25, 0.3) is 0 Å². The molecule has 0 aliphatic heterocycles. The Kier molecular flexibility index (Phi) is 4.03. The fourth-order valence-corrected chi connectivity index (χ4v) is 2.82. The van der Waals surface area contributed by atoms with E-state index < -0.39 is 0 Å². The molecule has 0 aromatic heterocycles. The molecule has 2 N–H and O–H groups in total. The number of carbonyl (C=O) groups excluding carboxylic acids is 1. The molecule has 0 radical (unpaired) electrons. The van der Waals surface area contributed by atoms with E-state index in [1.165, 1.54) is 24.0 Å². The second-order valence-corrected chi connectivity index (χ2v) is 5.69. The van der Waals surface area contributed by atoms with Gasteiger partial charge in [-0.05, 0) is 48.9 Å². The van der Waals surface area contributed by atoms with Gasteiger partial charge in [0.2, 0.25) is 0 Å². The fraction of sp³-hybridized carbons (Fsp3) is 0.562. The highest BCUT2D eigenvalue weighted by atomic mass is 16.5. The third-order valence-electron chi connectivity index (χ3n) is 4.09. The average molecular weight is 274 g/mol. The van der Waals surface area contributed by atoms with Gasteiger partial charge in [-0.1, -0.05) is 6.07 Å². The van der Waals surface area contributed by atoms with Crippen molar-refractivity contribution in [2.24, 2.45) is 0 Å². The number of rotatable bonds is 6. The Bertz CT molecular complexity index is 497. The van der Waals surface area contributed by atoms with Crippen molar-refractivity contribution in [3.63, 3.8) is 0 Å². The van der Waals surface area contributed by atoms with E-state index in [0.29, 0.717) is 25.2 Å². The van der Waals surface area contributed by atoms with Crippen molar-refractivity contribution in [2.75, 3.05) is 20.3 Å². The van der Waals surface area contributed by atoms with Crippen LogP contribution in [0.3, 0.4) is 0 Å². The SMILES string of the molecule is COCCNC(=O)c1ccc2c(c1)C(NC1CC1)CC2. The predicted molar refractivity (Wildman–Crippen MR) is 77.9 cm³/mol. The van der Waals surface area contributed by atoms with Gasteiger partial charge < -0.3 is 15.4 Å². The summed E-state index contributed by atoms with van der Waals surface area (Å²) in [5.74, 6) is -0.0121. The molecule has 20 heavy (non-hydrogen) atoms. The van der Waals surface area contributed by atoms with E-state index in [2.05, 4.69) is 22.8 Å². The molecule has 1 saturated carbocycles. The van der Waals surface area contributed by atoms with Gasteiger partial charge >= 0.3 is 0 Å². The van der Waals surface area contributed by atoms with Crippen LogP contribution in [0.15, 0.2) is 18.2 Å². The molecule has 4 heteroatoms. The molecule has 1 aromatic carbocycles. The maximum atomic E-state index is 12.1. The highest BCUT2D eigenvalue weighted by molar-refractivity contribution is 5.94. The van der Waals surface area contributed by atoms with Crippen LogP contribution in [0.4, 0.5) is 0 Å². The van der Waals surface area contributed by atoms with E-state index in [-0.39, 0.29) is 5.91 Å². The Morgan fingerprint density at radius 1 is 1.35 bits per heavy atom. The average Bonchev–Trinajstić information content (AvgIpc) is 3.19. The molecule has 3 rings (SSSR count). The minimum atomic E-state index is -0.0121. The van der Waals surface area contributed by atoms with E-state index >= 15 is 0 Å². The first kappa shape index (κ1) is 13.6. The third kappa shape index (κ3) is 3.02. The van der Waals surface area contributed by atoms with Crippen molar-refractivity contribution in [3.05, 3.63) is 34.9 Å². The normalized spacial score (nSPS) is 20.8. The van der Waals surface area contributed by atoms with Crippen LogP contribution in [0.5, 0.6) is 0 Å². The van der Waals surface area contributed by atoms with E-state index in [9.17, 15) is 4.79 Å². The van der Waals surface area contributed by atoms with Crippen molar-refractivity contribution >= 4 is 5.91 Å². The predicted octanol–water partition coefficient (Wildman–Crippen LogP) is 1.80. The summed E-state index contributed by atoms with van der Waals surface area (Å²) in [6, 6.07) is 7.23. The van der Waals surface area contributed by atoms with Crippen LogP contribution < -0.4 is 10.6 Å². The zero-order valence-electron chi connectivity index (χ0n) is 11.9. The zero-order chi connectivity index (χ0) is 13.9. The Morgan fingerprint density at radius 3 is 2.95 bits per heavy atom. The number of benzene rings is 1. The second kappa shape index (κ2) is 5.94. The van der Waals surface area contributed by atoms with Gasteiger partial charge in [-0.2, -0.15) is 0 Å². The number of amides is 1. The van der Waals surface area contributed by atoms with Crippen LogP contribution in [0.1, 0.15) is 46.8 Å². The standard InChI is InChI=1S/C16H22N2O2/c1-20-9-8-17-16(19)12-3-2-11-4-7-15(14(11)10-12)18-13-5-6-13/h2-3,10,13,15,18H,4-9H2,1H3,(H,17,19). The molecule has 0 heterocycles. The summed E-state index contributed by atoms with van der Waals surface area (Å²) in [5.41, 5.74) is 3.46. The van der Waals surface area contributed by atoms with Gasteiger partial charge in [0, 0.05) is 31.3 Å². The molecular formula is C16H22N2O2. The Balaban J connectivity index is 1.69. The lowest BCUT2D eigenvalue weighted by atomic mass is 10.0. The minimum Gasteiger partial charge on any atom is -0.383 e. The van der Waals surface area contributed by atoms with Crippen LogP contribution >= 0.6 is 0 Å². The van der Waals surface area contributed by atoms with Gasteiger partial charge in [-0.25, -0.2) is 0 Å². The molecule has 1 amide bonds. The van der Waals surface area contributed by atoms with Crippen LogP contribution in [0, 0.1) is 0 Å². The Hall–Kier alpha value is -1.39. The van der Waals surface area contributed by atoms with E-state index in [1.807, 2.05) is 6.07 Å². The molecule has 0 saturated heterocycles.